The van der Waals surface area contributed by atoms with E-state index >= 15 is 0 Å². The third kappa shape index (κ3) is 6.21. The minimum Gasteiger partial charge on any atom is -0.465 e. The molecule has 3 heterocycles. The Labute approximate surface area is 223 Å². The van der Waals surface area contributed by atoms with Crippen LogP contribution in [0.5, 0.6) is 0 Å². The van der Waals surface area contributed by atoms with E-state index in [4.69, 9.17) is 25.8 Å². The average Bonchev–Trinajstić information content (AvgIpc) is 3.18. The Morgan fingerprint density at radius 3 is 2.38 bits per heavy atom. The number of fused-ring (bicyclic) bond motifs is 2. The second-order valence-electron chi connectivity index (χ2n) is 9.39. The van der Waals surface area contributed by atoms with Crippen LogP contribution < -0.4 is 0 Å². The molecular formula is C24H35ClN4O7S. The maximum Gasteiger partial charge on any atom is 0.410 e. The number of halogens is 1. The Hall–Kier alpha value is -1.96. The summed E-state index contributed by atoms with van der Waals surface area (Å²) < 4.78 is 45.9. The van der Waals surface area contributed by atoms with Crippen LogP contribution in [0.25, 0.3) is 0 Å². The molecule has 0 saturated carbocycles. The van der Waals surface area contributed by atoms with Crippen LogP contribution in [-0.4, -0.2) is 117 Å². The number of hydrogen-bond donors (Lipinski definition) is 0. The lowest BCUT2D eigenvalue weighted by Gasteiger charge is -2.46. The molecule has 3 atom stereocenters. The molecule has 206 valence electrons. The number of carbonyl (C=O) groups is 2. The van der Waals surface area contributed by atoms with Crippen molar-refractivity contribution in [2.75, 3.05) is 59.7 Å². The molecular weight excluding hydrogens is 524 g/mol. The fraction of sp³-hybridized carbons (Fsp3) is 0.667. The molecule has 0 N–H and O–H groups in total. The molecule has 1 aromatic rings. The highest BCUT2D eigenvalue weighted by atomic mass is 35.5. The first-order chi connectivity index (χ1) is 17.8. The zero-order chi connectivity index (χ0) is 26.6. The Bertz CT molecular complexity index is 1050. The van der Waals surface area contributed by atoms with Gasteiger partial charge in [-0.25, -0.2) is 4.79 Å². The zero-order valence-corrected chi connectivity index (χ0v) is 22.8. The molecule has 0 aliphatic carbocycles. The maximum absolute atomic E-state index is 13.8. The number of ether oxygens (including phenoxy) is 3. The topological polar surface area (TPSA) is 109 Å². The number of nitrogens with zero attached hydrogens (tertiary/aromatic N) is 4. The smallest absolute Gasteiger partial charge is 0.410 e. The van der Waals surface area contributed by atoms with E-state index in [1.54, 1.807) is 6.92 Å². The van der Waals surface area contributed by atoms with Gasteiger partial charge in [0, 0.05) is 57.4 Å². The van der Waals surface area contributed by atoms with Crippen molar-refractivity contribution >= 4 is 33.9 Å². The predicted octanol–water partition coefficient (Wildman–Crippen LogP) is 1.57. The van der Waals surface area contributed by atoms with Crippen LogP contribution in [0, 0.1) is 0 Å². The van der Waals surface area contributed by atoms with E-state index in [-0.39, 0.29) is 32.4 Å². The summed E-state index contributed by atoms with van der Waals surface area (Å²) in [7, 11) is -2.46. The summed E-state index contributed by atoms with van der Waals surface area (Å²) in [6.07, 6.45) is 0.515. The van der Waals surface area contributed by atoms with Gasteiger partial charge in [-0.05, 0) is 37.5 Å². The van der Waals surface area contributed by atoms with Crippen LogP contribution in [0.4, 0.5) is 4.79 Å². The summed E-state index contributed by atoms with van der Waals surface area (Å²) in [6.45, 7) is 4.57. The molecule has 3 aliphatic heterocycles. The average molecular weight is 559 g/mol. The van der Waals surface area contributed by atoms with Gasteiger partial charge in [0.1, 0.15) is 12.6 Å². The van der Waals surface area contributed by atoms with Crippen LogP contribution in [0.3, 0.4) is 0 Å². The number of methoxy groups -OCH3 is 1. The molecule has 3 fully saturated rings. The van der Waals surface area contributed by atoms with E-state index in [9.17, 15) is 18.0 Å². The van der Waals surface area contributed by atoms with Crippen molar-refractivity contribution in [3.63, 3.8) is 0 Å². The van der Waals surface area contributed by atoms with Crippen molar-refractivity contribution in [2.45, 2.75) is 44.4 Å². The van der Waals surface area contributed by atoms with E-state index < -0.39 is 34.4 Å². The molecule has 4 rings (SSSR count). The van der Waals surface area contributed by atoms with Gasteiger partial charge >= 0.3 is 12.1 Å². The molecule has 11 nitrogen and oxygen atoms in total. The zero-order valence-electron chi connectivity index (χ0n) is 21.3. The summed E-state index contributed by atoms with van der Waals surface area (Å²) in [6, 6.07) is 5.48. The lowest BCUT2D eigenvalue weighted by atomic mass is 10.1. The van der Waals surface area contributed by atoms with Gasteiger partial charge in [0.25, 0.3) is 10.2 Å². The normalized spacial score (nSPS) is 25.3. The third-order valence-corrected chi connectivity index (χ3v) is 9.38. The fourth-order valence-electron chi connectivity index (χ4n) is 5.34. The molecule has 0 aromatic heterocycles. The van der Waals surface area contributed by atoms with Gasteiger partial charge in [-0.1, -0.05) is 23.7 Å². The minimum absolute atomic E-state index is 0.0205. The van der Waals surface area contributed by atoms with Gasteiger partial charge in [0.2, 0.25) is 0 Å². The van der Waals surface area contributed by atoms with Crippen molar-refractivity contribution in [1.29, 1.82) is 0 Å². The summed E-state index contributed by atoms with van der Waals surface area (Å²) in [5, 5.41) is 0.674. The van der Waals surface area contributed by atoms with Crippen LogP contribution in [-0.2, 0) is 35.8 Å². The highest BCUT2D eigenvalue weighted by molar-refractivity contribution is 7.86. The lowest BCUT2D eigenvalue weighted by Crippen LogP contribution is -2.67. The second kappa shape index (κ2) is 12.3. The molecule has 3 aliphatic rings. The number of amides is 1. The highest BCUT2D eigenvalue weighted by Crippen LogP contribution is 2.37. The Kier molecular flexibility index (Phi) is 9.30. The Balaban J connectivity index is 1.46. The van der Waals surface area contributed by atoms with Gasteiger partial charge in [0.05, 0.1) is 19.3 Å². The monoisotopic (exact) mass is 558 g/mol. The molecule has 1 aromatic carbocycles. The van der Waals surface area contributed by atoms with E-state index in [1.807, 2.05) is 24.3 Å². The number of rotatable bonds is 9. The molecule has 37 heavy (non-hydrogen) atoms. The summed E-state index contributed by atoms with van der Waals surface area (Å²) in [5.41, 5.74) is 1.10. The molecule has 1 amide bonds. The minimum atomic E-state index is -3.97. The van der Waals surface area contributed by atoms with Gasteiger partial charge in [0.15, 0.2) is 0 Å². The molecule has 0 spiro atoms. The number of piperazine rings is 2. The molecule has 2 bridgehead atoms. The summed E-state index contributed by atoms with van der Waals surface area (Å²) in [4.78, 5) is 29.6. The molecule has 0 unspecified atom stereocenters. The first kappa shape index (κ1) is 28.1. The molecule has 3 saturated heterocycles. The van der Waals surface area contributed by atoms with Gasteiger partial charge in [-0.15, -0.1) is 0 Å². The number of esters is 1. The van der Waals surface area contributed by atoms with Gasteiger partial charge in [-0.3, -0.25) is 14.6 Å². The van der Waals surface area contributed by atoms with E-state index in [0.29, 0.717) is 50.6 Å². The quantitative estimate of drug-likeness (QED) is 0.332. The van der Waals surface area contributed by atoms with Crippen molar-refractivity contribution in [2.24, 2.45) is 0 Å². The highest BCUT2D eigenvalue weighted by Gasteiger charge is 2.56. The van der Waals surface area contributed by atoms with Crippen molar-refractivity contribution in [1.82, 2.24) is 18.4 Å². The van der Waals surface area contributed by atoms with Crippen LogP contribution >= 0.6 is 11.6 Å². The van der Waals surface area contributed by atoms with Crippen LogP contribution in [0.2, 0.25) is 5.02 Å². The van der Waals surface area contributed by atoms with Crippen molar-refractivity contribution in [3.05, 3.63) is 34.9 Å². The van der Waals surface area contributed by atoms with Crippen molar-refractivity contribution < 1.29 is 32.2 Å². The Morgan fingerprint density at radius 1 is 1.03 bits per heavy atom. The number of carbonyl (C=O) groups excluding carboxylic acids is 2. The third-order valence-electron chi connectivity index (χ3n) is 7.14. The molecule has 0 radical (unpaired) electrons. The fourth-order valence-corrected chi connectivity index (χ4v) is 7.26. The van der Waals surface area contributed by atoms with Gasteiger partial charge < -0.3 is 14.2 Å². The lowest BCUT2D eigenvalue weighted by molar-refractivity contribution is -0.151. The van der Waals surface area contributed by atoms with E-state index in [0.717, 1.165) is 5.56 Å². The van der Waals surface area contributed by atoms with Crippen molar-refractivity contribution in [3.8, 4) is 0 Å². The van der Waals surface area contributed by atoms with E-state index in [1.165, 1.54) is 20.6 Å². The maximum atomic E-state index is 13.8. The summed E-state index contributed by atoms with van der Waals surface area (Å²) in [5.74, 6) is -0.646. The predicted molar refractivity (Wildman–Crippen MR) is 136 cm³/mol. The first-order valence-electron chi connectivity index (χ1n) is 12.6. The number of hydrogen-bond acceptors (Lipinski definition) is 8. The van der Waals surface area contributed by atoms with Gasteiger partial charge in [-0.2, -0.15) is 17.0 Å². The van der Waals surface area contributed by atoms with Crippen LogP contribution in [0.1, 0.15) is 25.3 Å². The number of benzene rings is 1. The summed E-state index contributed by atoms with van der Waals surface area (Å²) >= 11 is 5.97. The van der Waals surface area contributed by atoms with Crippen LogP contribution in [0.15, 0.2) is 24.3 Å². The molecule has 13 heteroatoms. The Morgan fingerprint density at radius 2 is 1.73 bits per heavy atom. The van der Waals surface area contributed by atoms with E-state index in [2.05, 4.69) is 4.90 Å². The standard InChI is InChI=1S/C24H35ClN4O7S/c1-3-35-23(30)22-21-9-8-20(29(21)24(31)36-15-14-34-2)17-28(22)37(32,33)27-12-10-26(11-13-27)16-18-4-6-19(25)7-5-18/h4-7,20-22H,3,8-17H2,1-2H3/t20-,21+,22+/m1/s1. The largest absolute Gasteiger partial charge is 0.465 e. The SMILES string of the molecule is CCOC(=O)[C@@H]1[C@@H]2CC[C@H](CN1S(=O)(=O)N1CCN(Cc3ccc(Cl)cc3)CC1)N2C(=O)OCCOC. The second-order valence-corrected chi connectivity index (χ2v) is 11.7. The first-order valence-corrected chi connectivity index (χ1v) is 14.4.